The van der Waals surface area contributed by atoms with Gasteiger partial charge in [-0.3, -0.25) is 19.1 Å². The number of thioether (sulfide) groups is 1. The largest absolute Gasteiger partial charge is 0.287 e. The van der Waals surface area contributed by atoms with Gasteiger partial charge >= 0.3 is 0 Å². The van der Waals surface area contributed by atoms with Crippen LogP contribution < -0.4 is 0 Å². The fraction of sp³-hybridized carbons (Fsp3) is 0.250. The third-order valence-corrected chi connectivity index (χ3v) is 5.41. The van der Waals surface area contributed by atoms with E-state index in [0.717, 1.165) is 21.9 Å². The van der Waals surface area contributed by atoms with Crippen molar-refractivity contribution in [2.75, 3.05) is 12.3 Å². The predicted octanol–water partition coefficient (Wildman–Crippen LogP) is 3.58. The lowest BCUT2D eigenvalue weighted by atomic mass is 10.2. The van der Waals surface area contributed by atoms with E-state index >= 15 is 0 Å². The summed E-state index contributed by atoms with van der Waals surface area (Å²) in [5.74, 6) is 0.498. The number of imidazole rings is 1. The molecule has 3 aromatic rings. The molecule has 1 aromatic heterocycles. The van der Waals surface area contributed by atoms with E-state index < -0.39 is 0 Å². The Morgan fingerprint density at radius 2 is 1.81 bits per heavy atom. The first-order chi connectivity index (χ1) is 12.6. The first-order valence-electron chi connectivity index (χ1n) is 8.64. The minimum atomic E-state index is -0.0669. The molecular weight excluding hydrogens is 346 g/mol. The van der Waals surface area contributed by atoms with Crippen LogP contribution in [0.2, 0.25) is 0 Å². The Morgan fingerprint density at radius 1 is 1.04 bits per heavy atom. The molecule has 1 aliphatic heterocycles. The SMILES string of the molecule is Cc1cccc(-n2c(SCCN3C(=O)CCC3=O)nc3ccccc32)c1. The van der Waals surface area contributed by atoms with E-state index in [-0.39, 0.29) is 11.8 Å². The van der Waals surface area contributed by atoms with Crippen LogP contribution in [0.5, 0.6) is 0 Å². The van der Waals surface area contributed by atoms with Crippen molar-refractivity contribution in [3.05, 3.63) is 54.1 Å². The molecule has 0 spiro atoms. The van der Waals surface area contributed by atoms with Crippen LogP contribution in [0.3, 0.4) is 0 Å². The quantitative estimate of drug-likeness (QED) is 0.512. The van der Waals surface area contributed by atoms with Crippen LogP contribution in [-0.4, -0.2) is 38.6 Å². The van der Waals surface area contributed by atoms with Gasteiger partial charge in [0.2, 0.25) is 11.8 Å². The number of carbonyl (C=O) groups excluding carboxylic acids is 2. The van der Waals surface area contributed by atoms with Gasteiger partial charge in [0.05, 0.1) is 11.0 Å². The number of nitrogens with zero attached hydrogens (tertiary/aromatic N) is 3. The molecule has 0 unspecified atom stereocenters. The maximum atomic E-state index is 11.8. The number of fused-ring (bicyclic) bond motifs is 1. The molecule has 1 saturated heterocycles. The van der Waals surface area contributed by atoms with E-state index in [1.165, 1.54) is 10.5 Å². The van der Waals surface area contributed by atoms with Gasteiger partial charge in [-0.05, 0) is 36.8 Å². The zero-order chi connectivity index (χ0) is 18.1. The molecule has 2 amide bonds. The first-order valence-corrected chi connectivity index (χ1v) is 9.62. The highest BCUT2D eigenvalue weighted by atomic mass is 32.2. The van der Waals surface area contributed by atoms with E-state index in [0.29, 0.717) is 25.1 Å². The second-order valence-electron chi connectivity index (χ2n) is 6.35. The summed E-state index contributed by atoms with van der Waals surface area (Å²) < 4.78 is 2.14. The van der Waals surface area contributed by atoms with Crippen molar-refractivity contribution >= 4 is 34.6 Å². The number of para-hydroxylation sites is 2. The topological polar surface area (TPSA) is 55.2 Å². The monoisotopic (exact) mass is 365 g/mol. The fourth-order valence-corrected chi connectivity index (χ4v) is 4.17. The maximum absolute atomic E-state index is 11.8. The average molecular weight is 365 g/mol. The number of aromatic nitrogens is 2. The number of carbonyl (C=O) groups is 2. The normalized spacial score (nSPS) is 14.6. The van der Waals surface area contributed by atoms with Crippen molar-refractivity contribution in [3.8, 4) is 5.69 Å². The lowest BCUT2D eigenvalue weighted by Gasteiger charge is -2.14. The summed E-state index contributed by atoms with van der Waals surface area (Å²) in [7, 11) is 0. The standard InChI is InChI=1S/C20H19N3O2S/c1-14-5-4-6-15(13-14)23-17-8-3-2-7-16(17)21-20(23)26-12-11-22-18(24)9-10-19(22)25/h2-8,13H,9-12H2,1H3. The second kappa shape index (κ2) is 6.96. The van der Waals surface area contributed by atoms with Crippen molar-refractivity contribution in [1.29, 1.82) is 0 Å². The van der Waals surface area contributed by atoms with Crippen LogP contribution in [0.4, 0.5) is 0 Å². The number of imide groups is 1. The number of hydrogen-bond acceptors (Lipinski definition) is 4. The predicted molar refractivity (Wildman–Crippen MR) is 102 cm³/mol. The number of hydrogen-bond donors (Lipinski definition) is 0. The van der Waals surface area contributed by atoms with E-state index in [9.17, 15) is 9.59 Å². The van der Waals surface area contributed by atoms with Gasteiger partial charge in [0.25, 0.3) is 0 Å². The van der Waals surface area contributed by atoms with Crippen molar-refractivity contribution < 1.29 is 9.59 Å². The molecule has 1 fully saturated rings. The molecule has 2 heterocycles. The minimum Gasteiger partial charge on any atom is -0.287 e. The molecule has 0 N–H and O–H groups in total. The summed E-state index contributed by atoms with van der Waals surface area (Å²) in [6.07, 6.45) is 0.677. The van der Waals surface area contributed by atoms with Gasteiger partial charge in [-0.1, -0.05) is 36.0 Å². The highest BCUT2D eigenvalue weighted by Gasteiger charge is 2.28. The summed E-state index contributed by atoms with van der Waals surface area (Å²) in [5.41, 5.74) is 4.23. The zero-order valence-corrected chi connectivity index (χ0v) is 15.3. The molecule has 4 rings (SSSR count). The van der Waals surface area contributed by atoms with Gasteiger partial charge in [0, 0.05) is 30.8 Å². The molecule has 0 atom stereocenters. The lowest BCUT2D eigenvalue weighted by molar-refractivity contribution is -0.137. The molecule has 6 heteroatoms. The third-order valence-electron chi connectivity index (χ3n) is 4.49. The van der Waals surface area contributed by atoms with Crippen LogP contribution in [0.25, 0.3) is 16.7 Å². The summed E-state index contributed by atoms with van der Waals surface area (Å²) in [6.45, 7) is 2.50. The first kappa shape index (κ1) is 16.8. The van der Waals surface area contributed by atoms with Crippen LogP contribution in [0.1, 0.15) is 18.4 Å². The van der Waals surface area contributed by atoms with E-state index in [1.807, 2.05) is 24.3 Å². The Bertz CT molecular complexity index is 980. The fourth-order valence-electron chi connectivity index (χ4n) is 3.22. The van der Waals surface area contributed by atoms with Gasteiger partial charge < -0.3 is 0 Å². The Kier molecular flexibility index (Phi) is 4.51. The number of amides is 2. The number of benzene rings is 2. The summed E-state index contributed by atoms with van der Waals surface area (Å²) in [6, 6.07) is 16.3. The molecule has 132 valence electrons. The Labute approximate surface area is 156 Å². The number of aryl methyl sites for hydroxylation is 1. The highest BCUT2D eigenvalue weighted by Crippen LogP contribution is 2.28. The Morgan fingerprint density at radius 3 is 2.58 bits per heavy atom. The molecule has 0 bridgehead atoms. The molecule has 2 aromatic carbocycles. The Hall–Kier alpha value is -2.60. The lowest BCUT2D eigenvalue weighted by Crippen LogP contribution is -2.31. The highest BCUT2D eigenvalue weighted by molar-refractivity contribution is 7.99. The van der Waals surface area contributed by atoms with E-state index in [4.69, 9.17) is 4.98 Å². The molecule has 0 saturated carbocycles. The maximum Gasteiger partial charge on any atom is 0.229 e. The van der Waals surface area contributed by atoms with Gasteiger partial charge in [-0.25, -0.2) is 4.98 Å². The third kappa shape index (κ3) is 3.12. The zero-order valence-electron chi connectivity index (χ0n) is 14.5. The molecular formula is C20H19N3O2S. The van der Waals surface area contributed by atoms with Gasteiger partial charge in [0.15, 0.2) is 5.16 Å². The van der Waals surface area contributed by atoms with Crippen molar-refractivity contribution in [2.45, 2.75) is 24.9 Å². The van der Waals surface area contributed by atoms with E-state index in [2.05, 4.69) is 35.8 Å². The number of likely N-dealkylation sites (tertiary alicyclic amines) is 1. The van der Waals surface area contributed by atoms with Gasteiger partial charge in [0.1, 0.15) is 0 Å². The summed E-state index contributed by atoms with van der Waals surface area (Å²) >= 11 is 1.57. The molecule has 5 nitrogen and oxygen atoms in total. The van der Waals surface area contributed by atoms with Crippen LogP contribution in [0.15, 0.2) is 53.7 Å². The molecule has 0 radical (unpaired) electrons. The van der Waals surface area contributed by atoms with Crippen LogP contribution in [0, 0.1) is 6.92 Å². The van der Waals surface area contributed by atoms with Crippen LogP contribution >= 0.6 is 11.8 Å². The molecule has 1 aliphatic rings. The Balaban J connectivity index is 1.63. The van der Waals surface area contributed by atoms with Crippen molar-refractivity contribution in [2.24, 2.45) is 0 Å². The molecule has 26 heavy (non-hydrogen) atoms. The summed E-state index contributed by atoms with van der Waals surface area (Å²) in [4.78, 5) is 29.7. The van der Waals surface area contributed by atoms with E-state index in [1.54, 1.807) is 11.8 Å². The average Bonchev–Trinajstić information content (AvgIpc) is 3.16. The minimum absolute atomic E-state index is 0.0669. The van der Waals surface area contributed by atoms with Gasteiger partial charge in [-0.2, -0.15) is 0 Å². The number of rotatable bonds is 5. The van der Waals surface area contributed by atoms with Gasteiger partial charge in [-0.15, -0.1) is 0 Å². The smallest absolute Gasteiger partial charge is 0.229 e. The van der Waals surface area contributed by atoms with Crippen LogP contribution in [-0.2, 0) is 9.59 Å². The van der Waals surface area contributed by atoms with Crippen molar-refractivity contribution in [1.82, 2.24) is 14.5 Å². The van der Waals surface area contributed by atoms with Crippen molar-refractivity contribution in [3.63, 3.8) is 0 Å². The second-order valence-corrected chi connectivity index (χ2v) is 7.41. The molecule has 0 aliphatic carbocycles. The summed E-state index contributed by atoms with van der Waals surface area (Å²) in [5, 5.41) is 0.871.